The first-order valence-electron chi connectivity index (χ1n) is 9.49. The molecule has 0 atom stereocenters. The summed E-state index contributed by atoms with van der Waals surface area (Å²) in [6.07, 6.45) is 9.29. The summed E-state index contributed by atoms with van der Waals surface area (Å²) < 4.78 is 3.67. The first-order valence-corrected chi connectivity index (χ1v) is 9.49. The van der Waals surface area contributed by atoms with E-state index >= 15 is 0 Å². The van der Waals surface area contributed by atoms with Crippen LogP contribution in [0.15, 0.2) is 55.4 Å². The van der Waals surface area contributed by atoms with Crippen molar-refractivity contribution in [3.05, 3.63) is 61.1 Å². The molecule has 30 heavy (non-hydrogen) atoms. The van der Waals surface area contributed by atoms with E-state index in [0.717, 1.165) is 50.3 Å². The number of aromatic nitrogens is 9. The minimum atomic E-state index is 0.686. The number of H-pyrrole nitrogens is 2. The predicted octanol–water partition coefficient (Wildman–Crippen LogP) is 3.40. The van der Waals surface area contributed by atoms with Gasteiger partial charge in [-0.2, -0.15) is 10.2 Å². The van der Waals surface area contributed by atoms with Gasteiger partial charge in [-0.05, 0) is 30.7 Å². The van der Waals surface area contributed by atoms with Crippen molar-refractivity contribution in [2.45, 2.75) is 6.92 Å². The van der Waals surface area contributed by atoms with E-state index in [1.54, 1.807) is 17.2 Å². The summed E-state index contributed by atoms with van der Waals surface area (Å²) in [6.45, 7) is 1.95. The maximum Gasteiger partial charge on any atom is 0.166 e. The number of aryl methyl sites for hydroxylation is 2. The molecule has 0 aliphatic carbocycles. The monoisotopic (exact) mass is 395 g/mol. The Morgan fingerprint density at radius 2 is 1.93 bits per heavy atom. The van der Waals surface area contributed by atoms with Crippen molar-refractivity contribution >= 4 is 21.9 Å². The van der Waals surface area contributed by atoms with Crippen LogP contribution in [0.2, 0.25) is 0 Å². The molecular formula is C21H17N9. The third-order valence-corrected chi connectivity index (χ3v) is 5.16. The summed E-state index contributed by atoms with van der Waals surface area (Å²) in [6, 6.07) is 8.10. The van der Waals surface area contributed by atoms with Crippen LogP contribution in [0.25, 0.3) is 50.4 Å². The second-order valence-corrected chi connectivity index (χ2v) is 7.27. The van der Waals surface area contributed by atoms with E-state index in [2.05, 4.69) is 42.4 Å². The van der Waals surface area contributed by atoms with Gasteiger partial charge in [-0.1, -0.05) is 6.07 Å². The van der Waals surface area contributed by atoms with E-state index in [1.807, 2.05) is 49.3 Å². The molecule has 0 saturated heterocycles. The van der Waals surface area contributed by atoms with Gasteiger partial charge in [0, 0.05) is 36.6 Å². The van der Waals surface area contributed by atoms with Crippen molar-refractivity contribution in [1.82, 2.24) is 44.5 Å². The molecule has 1 aromatic carbocycles. The molecular weight excluding hydrogens is 378 g/mol. The minimum Gasteiger partial charge on any atom is -0.336 e. The topological polar surface area (TPSA) is 106 Å². The Kier molecular flexibility index (Phi) is 3.40. The first-order chi connectivity index (χ1) is 14.7. The van der Waals surface area contributed by atoms with Crippen LogP contribution >= 0.6 is 0 Å². The van der Waals surface area contributed by atoms with Gasteiger partial charge < -0.3 is 4.98 Å². The van der Waals surface area contributed by atoms with E-state index in [-0.39, 0.29) is 0 Å². The van der Waals surface area contributed by atoms with Crippen molar-refractivity contribution in [2.75, 3.05) is 0 Å². The highest BCUT2D eigenvalue weighted by molar-refractivity contribution is 5.96. The van der Waals surface area contributed by atoms with Gasteiger partial charge in [0.2, 0.25) is 0 Å². The van der Waals surface area contributed by atoms with Crippen LogP contribution in [-0.2, 0) is 7.05 Å². The summed E-state index contributed by atoms with van der Waals surface area (Å²) in [7, 11) is 1.91. The fraction of sp³-hybridized carbons (Fsp3) is 0.0952. The molecule has 0 unspecified atom stereocenters. The molecule has 2 N–H and O–H groups in total. The van der Waals surface area contributed by atoms with Crippen LogP contribution in [0.4, 0.5) is 0 Å². The Labute approximate surface area is 170 Å². The summed E-state index contributed by atoms with van der Waals surface area (Å²) in [5, 5.41) is 12.9. The third kappa shape index (κ3) is 2.52. The highest BCUT2D eigenvalue weighted by Gasteiger charge is 2.16. The van der Waals surface area contributed by atoms with Gasteiger partial charge in [-0.25, -0.2) is 15.0 Å². The lowest BCUT2D eigenvalue weighted by molar-refractivity contribution is 0.768. The predicted molar refractivity (Wildman–Crippen MR) is 113 cm³/mol. The van der Waals surface area contributed by atoms with Crippen molar-refractivity contribution in [1.29, 1.82) is 0 Å². The van der Waals surface area contributed by atoms with Crippen LogP contribution in [0.1, 0.15) is 5.69 Å². The Morgan fingerprint density at radius 1 is 1.00 bits per heavy atom. The fourth-order valence-corrected chi connectivity index (χ4v) is 3.70. The lowest BCUT2D eigenvalue weighted by Crippen LogP contribution is -1.95. The average molecular weight is 395 g/mol. The highest BCUT2D eigenvalue weighted by atomic mass is 15.2. The number of aromatic amines is 2. The molecule has 0 spiro atoms. The number of hydrogen-bond acceptors (Lipinski definition) is 5. The number of rotatable bonds is 3. The van der Waals surface area contributed by atoms with Crippen molar-refractivity contribution in [3.63, 3.8) is 0 Å². The smallest absolute Gasteiger partial charge is 0.166 e. The largest absolute Gasteiger partial charge is 0.336 e. The number of fused-ring (bicyclic) bond motifs is 2. The summed E-state index contributed by atoms with van der Waals surface area (Å²) in [5.41, 5.74) is 6.42. The Morgan fingerprint density at radius 3 is 2.73 bits per heavy atom. The second kappa shape index (κ2) is 6.11. The van der Waals surface area contributed by atoms with Gasteiger partial charge >= 0.3 is 0 Å². The lowest BCUT2D eigenvalue weighted by Gasteiger charge is -2.00. The van der Waals surface area contributed by atoms with Crippen LogP contribution in [0.3, 0.4) is 0 Å². The molecule has 5 heterocycles. The van der Waals surface area contributed by atoms with Gasteiger partial charge in [-0.15, -0.1) is 0 Å². The summed E-state index contributed by atoms with van der Waals surface area (Å²) in [5.74, 6) is 1.41. The van der Waals surface area contributed by atoms with Gasteiger partial charge in [0.05, 0.1) is 22.9 Å². The molecule has 0 saturated carbocycles. The molecule has 0 fully saturated rings. The molecule has 0 amide bonds. The minimum absolute atomic E-state index is 0.686. The van der Waals surface area contributed by atoms with Crippen molar-refractivity contribution < 1.29 is 0 Å². The molecule has 0 radical (unpaired) electrons. The van der Waals surface area contributed by atoms with Gasteiger partial charge in [-0.3, -0.25) is 14.3 Å². The average Bonchev–Trinajstić information content (AvgIpc) is 3.52. The zero-order valence-corrected chi connectivity index (χ0v) is 16.3. The Bertz CT molecular complexity index is 1530. The van der Waals surface area contributed by atoms with Crippen molar-refractivity contribution in [2.24, 2.45) is 7.05 Å². The molecule has 0 aliphatic heterocycles. The van der Waals surface area contributed by atoms with Crippen LogP contribution in [0, 0.1) is 6.92 Å². The molecule has 9 heteroatoms. The molecule has 6 aromatic rings. The fourth-order valence-electron chi connectivity index (χ4n) is 3.70. The molecule has 5 aromatic heterocycles. The lowest BCUT2D eigenvalue weighted by atomic mass is 10.1. The van der Waals surface area contributed by atoms with Gasteiger partial charge in [0.15, 0.2) is 11.6 Å². The Balaban J connectivity index is 1.52. The van der Waals surface area contributed by atoms with E-state index < -0.39 is 0 Å². The number of pyridine rings is 1. The normalized spacial score (nSPS) is 11.7. The number of nitrogens with zero attached hydrogens (tertiary/aromatic N) is 7. The third-order valence-electron chi connectivity index (χ3n) is 5.16. The van der Waals surface area contributed by atoms with Gasteiger partial charge in [0.25, 0.3) is 0 Å². The summed E-state index contributed by atoms with van der Waals surface area (Å²) in [4.78, 5) is 17.0. The number of imidazole rings is 2. The van der Waals surface area contributed by atoms with Gasteiger partial charge in [0.1, 0.15) is 17.5 Å². The second-order valence-electron chi connectivity index (χ2n) is 7.27. The van der Waals surface area contributed by atoms with E-state index in [9.17, 15) is 0 Å². The first kappa shape index (κ1) is 16.7. The summed E-state index contributed by atoms with van der Waals surface area (Å²) >= 11 is 0. The van der Waals surface area contributed by atoms with E-state index in [1.165, 1.54) is 0 Å². The van der Waals surface area contributed by atoms with Crippen LogP contribution < -0.4 is 0 Å². The zero-order chi connectivity index (χ0) is 20.2. The van der Waals surface area contributed by atoms with Crippen LogP contribution in [-0.4, -0.2) is 44.5 Å². The maximum absolute atomic E-state index is 4.83. The van der Waals surface area contributed by atoms with E-state index in [0.29, 0.717) is 5.82 Å². The molecule has 0 aliphatic rings. The SMILES string of the molecule is Cc1cn(-c2nccc3[nH]c(-c4n[nH]c5ccc(-c6cnn(C)c6)cc45)nc23)cn1. The number of benzene rings is 1. The quantitative estimate of drug-likeness (QED) is 0.478. The molecule has 0 bridgehead atoms. The standard InChI is InChI=1S/C21H17N9/c1-12-9-30(11-23-12)21-19-17(5-6-22-21)25-20(26-19)18-15-7-13(3-4-16(15)27-28-18)14-8-24-29(2)10-14/h3-11H,1-2H3,(H,25,26)(H,27,28). The molecule has 9 nitrogen and oxygen atoms in total. The van der Waals surface area contributed by atoms with Crippen molar-refractivity contribution in [3.8, 4) is 28.5 Å². The number of hydrogen-bond donors (Lipinski definition) is 2. The number of nitrogens with one attached hydrogen (secondary N) is 2. The molecule has 6 rings (SSSR count). The highest BCUT2D eigenvalue weighted by Crippen LogP contribution is 2.31. The Hall–Kier alpha value is -4.27. The van der Waals surface area contributed by atoms with E-state index in [4.69, 9.17) is 4.98 Å². The van der Waals surface area contributed by atoms with Crippen LogP contribution in [0.5, 0.6) is 0 Å². The zero-order valence-electron chi connectivity index (χ0n) is 16.3. The molecule has 146 valence electrons. The maximum atomic E-state index is 4.83.